The lowest BCUT2D eigenvalue weighted by molar-refractivity contribution is -0.138. The van der Waals surface area contributed by atoms with Crippen LogP contribution < -0.4 is 4.90 Å². The smallest absolute Gasteiger partial charge is 0.340 e. The summed E-state index contributed by atoms with van der Waals surface area (Å²) >= 11 is 5.55. The average Bonchev–Trinajstić information content (AvgIpc) is 3.04. The zero-order valence-corrected chi connectivity index (χ0v) is 23.1. The highest BCUT2D eigenvalue weighted by Gasteiger charge is 2.49. The van der Waals surface area contributed by atoms with Crippen LogP contribution in [0.5, 0.6) is 0 Å². The third-order valence-electron chi connectivity index (χ3n) is 7.31. The molecule has 2 aliphatic rings. The van der Waals surface area contributed by atoms with Crippen molar-refractivity contribution in [2.75, 3.05) is 44.2 Å². The molecule has 0 saturated carbocycles. The van der Waals surface area contributed by atoms with Crippen LogP contribution in [-0.2, 0) is 15.8 Å². The number of alkyl halides is 3. The SMILES string of the molecule is CCCC(=O)N1CCN(CCCCCCN2C(=S)N(c3ccc(C#N)c(C(F)(F)F)c3)C(=O)C2(C)C)CC1. The Morgan fingerprint density at radius 1 is 1.08 bits per heavy atom. The fraction of sp³-hybridized carbons (Fsp3) is 0.630. The van der Waals surface area contributed by atoms with Gasteiger partial charge in [-0.05, 0) is 70.1 Å². The third-order valence-corrected chi connectivity index (χ3v) is 7.71. The first-order valence-corrected chi connectivity index (χ1v) is 13.6. The van der Waals surface area contributed by atoms with E-state index < -0.39 is 28.7 Å². The van der Waals surface area contributed by atoms with Gasteiger partial charge < -0.3 is 9.80 Å². The molecule has 2 amide bonds. The summed E-state index contributed by atoms with van der Waals surface area (Å²) < 4.78 is 40.4. The number of halogens is 3. The van der Waals surface area contributed by atoms with E-state index in [1.165, 1.54) is 6.07 Å². The number of hydrogen-bond acceptors (Lipinski definition) is 5. The molecule has 38 heavy (non-hydrogen) atoms. The second-order valence-electron chi connectivity index (χ2n) is 10.4. The Kier molecular flexibility index (Phi) is 9.76. The number of carbonyl (C=O) groups is 2. The van der Waals surface area contributed by atoms with Crippen LogP contribution in [0.25, 0.3) is 0 Å². The number of carbonyl (C=O) groups excluding carboxylic acids is 2. The van der Waals surface area contributed by atoms with Gasteiger partial charge in [0.1, 0.15) is 5.54 Å². The molecular weight excluding hydrogens is 515 g/mol. The number of nitrogens with zero attached hydrogens (tertiary/aromatic N) is 5. The topological polar surface area (TPSA) is 70.9 Å². The number of amides is 2. The van der Waals surface area contributed by atoms with Crippen molar-refractivity contribution in [3.05, 3.63) is 29.3 Å². The molecule has 0 radical (unpaired) electrons. The zero-order valence-electron chi connectivity index (χ0n) is 22.3. The maximum atomic E-state index is 13.5. The molecule has 0 bridgehead atoms. The van der Waals surface area contributed by atoms with Crippen LogP contribution in [0.4, 0.5) is 18.9 Å². The molecule has 0 aromatic heterocycles. The van der Waals surface area contributed by atoms with Crippen LogP contribution in [0.2, 0.25) is 0 Å². The minimum Gasteiger partial charge on any atom is -0.340 e. The molecule has 0 atom stereocenters. The van der Waals surface area contributed by atoms with Gasteiger partial charge in [0, 0.05) is 39.1 Å². The van der Waals surface area contributed by atoms with E-state index in [9.17, 15) is 22.8 Å². The highest BCUT2D eigenvalue weighted by Crippen LogP contribution is 2.38. The summed E-state index contributed by atoms with van der Waals surface area (Å²) in [5.74, 6) is -0.149. The lowest BCUT2D eigenvalue weighted by Crippen LogP contribution is -2.48. The van der Waals surface area contributed by atoms with E-state index in [2.05, 4.69) is 4.90 Å². The van der Waals surface area contributed by atoms with Crippen molar-refractivity contribution in [3.63, 3.8) is 0 Å². The number of anilines is 1. The van der Waals surface area contributed by atoms with Crippen LogP contribution in [0.15, 0.2) is 18.2 Å². The average molecular weight is 552 g/mol. The quantitative estimate of drug-likeness (QED) is 0.308. The highest BCUT2D eigenvalue weighted by atomic mass is 32.1. The van der Waals surface area contributed by atoms with Crippen LogP contribution in [0.1, 0.15) is 70.4 Å². The monoisotopic (exact) mass is 551 g/mol. The lowest BCUT2D eigenvalue weighted by Gasteiger charge is -2.34. The molecule has 0 spiro atoms. The van der Waals surface area contributed by atoms with Crippen molar-refractivity contribution >= 4 is 34.8 Å². The van der Waals surface area contributed by atoms with E-state index in [4.69, 9.17) is 17.5 Å². The van der Waals surface area contributed by atoms with Gasteiger partial charge in [0.2, 0.25) is 5.91 Å². The van der Waals surface area contributed by atoms with Crippen LogP contribution in [0, 0.1) is 11.3 Å². The van der Waals surface area contributed by atoms with Crippen molar-refractivity contribution in [2.24, 2.45) is 0 Å². The molecule has 7 nitrogen and oxygen atoms in total. The molecule has 3 rings (SSSR count). The number of thiocarbonyl (C=S) groups is 1. The fourth-order valence-electron chi connectivity index (χ4n) is 4.99. The molecule has 0 aliphatic carbocycles. The van der Waals surface area contributed by atoms with E-state index in [-0.39, 0.29) is 16.7 Å². The van der Waals surface area contributed by atoms with Gasteiger partial charge >= 0.3 is 6.18 Å². The van der Waals surface area contributed by atoms with Crippen LogP contribution in [0.3, 0.4) is 0 Å². The van der Waals surface area contributed by atoms with Gasteiger partial charge in [0.05, 0.1) is 22.9 Å². The Balaban J connectivity index is 1.50. The number of unbranched alkanes of at least 4 members (excludes halogenated alkanes) is 3. The number of hydrogen-bond donors (Lipinski definition) is 0. The molecule has 1 aromatic carbocycles. The summed E-state index contributed by atoms with van der Waals surface area (Å²) in [7, 11) is 0. The normalized spacial score (nSPS) is 18.3. The van der Waals surface area contributed by atoms with E-state index in [0.717, 1.165) is 81.9 Å². The van der Waals surface area contributed by atoms with Crippen LogP contribution in [-0.4, -0.2) is 76.4 Å². The maximum Gasteiger partial charge on any atom is 0.417 e. The summed E-state index contributed by atoms with van der Waals surface area (Å²) in [5.41, 5.74) is -2.56. The summed E-state index contributed by atoms with van der Waals surface area (Å²) in [6, 6.07) is 4.79. The van der Waals surface area contributed by atoms with Gasteiger partial charge in [0.25, 0.3) is 5.91 Å². The minimum atomic E-state index is -4.72. The van der Waals surface area contributed by atoms with Crippen molar-refractivity contribution < 1.29 is 22.8 Å². The molecule has 2 saturated heterocycles. The largest absolute Gasteiger partial charge is 0.417 e. The van der Waals surface area contributed by atoms with E-state index in [1.807, 2.05) is 11.8 Å². The Bertz CT molecular complexity index is 1080. The second kappa shape index (κ2) is 12.4. The molecule has 11 heteroatoms. The van der Waals surface area contributed by atoms with E-state index in [0.29, 0.717) is 13.0 Å². The molecular formula is C27H36F3N5O2S. The number of rotatable bonds is 10. The minimum absolute atomic E-state index is 0.0124. The standard InChI is InChI=1S/C27H36F3N5O2S/c1-4-9-23(36)33-16-14-32(15-17-33)12-7-5-6-8-13-34-25(38)35(24(37)26(34,2)3)21-11-10-20(19-31)22(18-21)27(28,29)30/h10-11,18H,4-9,12-17H2,1-3H3. The Morgan fingerprint density at radius 2 is 1.71 bits per heavy atom. The molecule has 2 fully saturated rings. The Morgan fingerprint density at radius 3 is 2.29 bits per heavy atom. The van der Waals surface area contributed by atoms with Gasteiger partial charge in [-0.25, -0.2) is 0 Å². The lowest BCUT2D eigenvalue weighted by atomic mass is 10.0. The number of nitriles is 1. The van der Waals surface area contributed by atoms with Crippen molar-refractivity contribution in [1.29, 1.82) is 5.26 Å². The molecule has 1 aromatic rings. The fourth-order valence-corrected chi connectivity index (χ4v) is 5.50. The molecule has 2 heterocycles. The third kappa shape index (κ3) is 6.64. The predicted octanol–water partition coefficient (Wildman–Crippen LogP) is 4.79. The van der Waals surface area contributed by atoms with E-state index >= 15 is 0 Å². The zero-order chi connectivity index (χ0) is 28.1. The van der Waals surface area contributed by atoms with Gasteiger partial charge in [-0.3, -0.25) is 19.4 Å². The van der Waals surface area contributed by atoms with Gasteiger partial charge in [-0.2, -0.15) is 18.4 Å². The Labute approximate surface area is 228 Å². The summed E-state index contributed by atoms with van der Waals surface area (Å²) in [6.45, 7) is 10.3. The van der Waals surface area contributed by atoms with E-state index in [1.54, 1.807) is 24.8 Å². The molecule has 208 valence electrons. The van der Waals surface area contributed by atoms with Crippen molar-refractivity contribution in [2.45, 2.75) is 71.0 Å². The van der Waals surface area contributed by atoms with Crippen LogP contribution >= 0.6 is 12.2 Å². The predicted molar refractivity (Wildman–Crippen MR) is 143 cm³/mol. The van der Waals surface area contributed by atoms with Crippen molar-refractivity contribution in [3.8, 4) is 6.07 Å². The molecule has 2 aliphatic heterocycles. The molecule has 0 N–H and O–H groups in total. The van der Waals surface area contributed by atoms with Gasteiger partial charge in [0.15, 0.2) is 5.11 Å². The van der Waals surface area contributed by atoms with Gasteiger partial charge in [-0.15, -0.1) is 0 Å². The molecule has 0 unspecified atom stereocenters. The number of benzene rings is 1. The first-order valence-electron chi connectivity index (χ1n) is 13.2. The Hall–Kier alpha value is -2.71. The van der Waals surface area contributed by atoms with Crippen molar-refractivity contribution in [1.82, 2.24) is 14.7 Å². The first-order chi connectivity index (χ1) is 17.9. The van der Waals surface area contributed by atoms with Gasteiger partial charge in [-0.1, -0.05) is 19.8 Å². The second-order valence-corrected chi connectivity index (χ2v) is 10.7. The summed E-state index contributed by atoms with van der Waals surface area (Å²) in [4.78, 5) is 32.5. The number of piperazine rings is 1. The highest BCUT2D eigenvalue weighted by molar-refractivity contribution is 7.80. The maximum absolute atomic E-state index is 13.5. The summed E-state index contributed by atoms with van der Waals surface area (Å²) in [5, 5.41) is 9.24. The first kappa shape index (κ1) is 29.8. The summed E-state index contributed by atoms with van der Waals surface area (Å²) in [6.07, 6.45) is 0.548.